The number of carbonyl (C=O) groups is 1. The van der Waals surface area contributed by atoms with Crippen molar-refractivity contribution in [2.75, 3.05) is 5.32 Å². The standard InChI is InChI=1S/C16H15FN4O/c1-3-12-14(21-9-11(17)6-7-13(21)19-12)16(22)20-15-10(2)5-4-8-18-15/h4-9H,3H2,1-2H3,(H,18,20,22). The average Bonchev–Trinajstić information content (AvgIpc) is 2.87. The molecule has 22 heavy (non-hydrogen) atoms. The number of imidazole rings is 1. The predicted molar refractivity (Wildman–Crippen MR) is 81.5 cm³/mol. The highest BCUT2D eigenvalue weighted by atomic mass is 19.1. The summed E-state index contributed by atoms with van der Waals surface area (Å²) < 4.78 is 15.0. The Labute approximate surface area is 126 Å². The van der Waals surface area contributed by atoms with E-state index in [-0.39, 0.29) is 5.91 Å². The fourth-order valence-electron chi connectivity index (χ4n) is 2.34. The third kappa shape index (κ3) is 2.43. The van der Waals surface area contributed by atoms with Crippen molar-refractivity contribution in [2.24, 2.45) is 0 Å². The van der Waals surface area contributed by atoms with E-state index in [2.05, 4.69) is 15.3 Å². The topological polar surface area (TPSA) is 59.3 Å². The van der Waals surface area contributed by atoms with Gasteiger partial charge < -0.3 is 5.32 Å². The number of pyridine rings is 2. The summed E-state index contributed by atoms with van der Waals surface area (Å²) in [5, 5.41) is 2.77. The van der Waals surface area contributed by atoms with Crippen molar-refractivity contribution in [1.82, 2.24) is 14.4 Å². The summed E-state index contributed by atoms with van der Waals surface area (Å²) in [7, 11) is 0. The fraction of sp³-hybridized carbons (Fsp3) is 0.188. The van der Waals surface area contributed by atoms with E-state index >= 15 is 0 Å². The lowest BCUT2D eigenvalue weighted by atomic mass is 10.2. The van der Waals surface area contributed by atoms with E-state index in [1.807, 2.05) is 19.9 Å². The van der Waals surface area contributed by atoms with E-state index in [1.54, 1.807) is 18.3 Å². The molecule has 0 radical (unpaired) electrons. The summed E-state index contributed by atoms with van der Waals surface area (Å²) in [6, 6.07) is 6.53. The van der Waals surface area contributed by atoms with Crippen molar-refractivity contribution in [2.45, 2.75) is 20.3 Å². The van der Waals surface area contributed by atoms with Gasteiger partial charge in [-0.1, -0.05) is 13.0 Å². The van der Waals surface area contributed by atoms with E-state index < -0.39 is 5.82 Å². The maximum atomic E-state index is 13.5. The van der Waals surface area contributed by atoms with Crippen LogP contribution >= 0.6 is 0 Å². The highest BCUT2D eigenvalue weighted by Gasteiger charge is 2.19. The first-order valence-corrected chi connectivity index (χ1v) is 6.99. The zero-order valence-electron chi connectivity index (χ0n) is 12.3. The summed E-state index contributed by atoms with van der Waals surface area (Å²) in [4.78, 5) is 21.1. The van der Waals surface area contributed by atoms with Crippen LogP contribution in [0, 0.1) is 12.7 Å². The first-order chi connectivity index (χ1) is 10.6. The smallest absolute Gasteiger partial charge is 0.275 e. The van der Waals surface area contributed by atoms with Crippen LogP contribution in [-0.2, 0) is 6.42 Å². The molecule has 0 saturated heterocycles. The minimum Gasteiger partial charge on any atom is -0.305 e. The molecule has 1 N–H and O–H groups in total. The van der Waals surface area contributed by atoms with Gasteiger partial charge in [-0.25, -0.2) is 14.4 Å². The molecule has 0 unspecified atom stereocenters. The molecule has 0 bridgehead atoms. The van der Waals surface area contributed by atoms with Crippen LogP contribution in [0.1, 0.15) is 28.7 Å². The minimum absolute atomic E-state index is 0.335. The number of hydrogen-bond donors (Lipinski definition) is 1. The van der Waals surface area contributed by atoms with Gasteiger partial charge in [-0.15, -0.1) is 0 Å². The molecule has 0 aliphatic rings. The number of nitrogens with zero attached hydrogens (tertiary/aromatic N) is 3. The van der Waals surface area contributed by atoms with Crippen LogP contribution in [0.25, 0.3) is 5.65 Å². The van der Waals surface area contributed by atoms with Crippen LogP contribution in [-0.4, -0.2) is 20.3 Å². The second kappa shape index (κ2) is 5.55. The number of carbonyl (C=O) groups excluding carboxylic acids is 1. The molecule has 0 spiro atoms. The van der Waals surface area contributed by atoms with Crippen LogP contribution in [0.15, 0.2) is 36.7 Å². The largest absolute Gasteiger partial charge is 0.305 e. The first kappa shape index (κ1) is 14.2. The molecule has 0 aliphatic heterocycles. The average molecular weight is 298 g/mol. The van der Waals surface area contributed by atoms with E-state index in [1.165, 1.54) is 16.7 Å². The molecule has 0 saturated carbocycles. The molecule has 1 amide bonds. The molecule has 0 fully saturated rings. The van der Waals surface area contributed by atoms with Gasteiger partial charge in [0.15, 0.2) is 0 Å². The van der Waals surface area contributed by atoms with Crippen molar-refractivity contribution >= 4 is 17.4 Å². The van der Waals surface area contributed by atoms with Crippen molar-refractivity contribution < 1.29 is 9.18 Å². The Hall–Kier alpha value is -2.76. The van der Waals surface area contributed by atoms with Crippen molar-refractivity contribution in [3.05, 3.63) is 59.4 Å². The quantitative estimate of drug-likeness (QED) is 0.808. The van der Waals surface area contributed by atoms with E-state index in [0.717, 1.165) is 5.56 Å². The maximum absolute atomic E-state index is 13.5. The Morgan fingerprint density at radius 3 is 2.91 bits per heavy atom. The van der Waals surface area contributed by atoms with Crippen LogP contribution in [0.5, 0.6) is 0 Å². The van der Waals surface area contributed by atoms with Gasteiger partial charge in [-0.3, -0.25) is 9.20 Å². The third-order valence-electron chi connectivity index (χ3n) is 3.45. The maximum Gasteiger partial charge on any atom is 0.275 e. The predicted octanol–water partition coefficient (Wildman–Crippen LogP) is 2.99. The van der Waals surface area contributed by atoms with Gasteiger partial charge in [0.25, 0.3) is 5.91 Å². The van der Waals surface area contributed by atoms with Crippen LogP contribution in [0.3, 0.4) is 0 Å². The molecule has 3 rings (SSSR count). The van der Waals surface area contributed by atoms with Crippen LogP contribution in [0.2, 0.25) is 0 Å². The second-order valence-electron chi connectivity index (χ2n) is 4.96. The second-order valence-corrected chi connectivity index (χ2v) is 4.96. The lowest BCUT2D eigenvalue weighted by molar-refractivity contribution is 0.102. The summed E-state index contributed by atoms with van der Waals surface area (Å²) in [5.41, 5.74) is 2.36. The summed E-state index contributed by atoms with van der Waals surface area (Å²) >= 11 is 0. The Kier molecular flexibility index (Phi) is 3.58. The van der Waals surface area contributed by atoms with E-state index in [9.17, 15) is 9.18 Å². The van der Waals surface area contributed by atoms with Gasteiger partial charge in [-0.05, 0) is 37.1 Å². The number of fused-ring (bicyclic) bond motifs is 1. The highest BCUT2D eigenvalue weighted by Crippen LogP contribution is 2.17. The van der Waals surface area contributed by atoms with E-state index in [4.69, 9.17) is 0 Å². The van der Waals surface area contributed by atoms with Gasteiger partial charge in [-0.2, -0.15) is 0 Å². The fourth-order valence-corrected chi connectivity index (χ4v) is 2.34. The Morgan fingerprint density at radius 2 is 2.18 bits per heavy atom. The molecule has 0 aromatic carbocycles. The number of aromatic nitrogens is 3. The zero-order valence-corrected chi connectivity index (χ0v) is 12.3. The van der Waals surface area contributed by atoms with Gasteiger partial charge in [0.05, 0.1) is 5.69 Å². The van der Waals surface area contributed by atoms with Crippen LogP contribution < -0.4 is 5.32 Å². The minimum atomic E-state index is -0.421. The SMILES string of the molecule is CCc1nc2ccc(F)cn2c1C(=O)Nc1ncccc1C. The van der Waals surface area contributed by atoms with Gasteiger partial charge >= 0.3 is 0 Å². The van der Waals surface area contributed by atoms with Gasteiger partial charge in [0.2, 0.25) is 0 Å². The van der Waals surface area contributed by atoms with Crippen molar-refractivity contribution in [3.8, 4) is 0 Å². The lowest BCUT2D eigenvalue weighted by Gasteiger charge is -2.08. The van der Waals surface area contributed by atoms with Gasteiger partial charge in [0.1, 0.15) is 23.0 Å². The number of halogens is 1. The Morgan fingerprint density at radius 1 is 1.36 bits per heavy atom. The van der Waals surface area contributed by atoms with Crippen LogP contribution in [0.4, 0.5) is 10.2 Å². The molecule has 3 aromatic heterocycles. The summed E-state index contributed by atoms with van der Waals surface area (Å²) in [6.45, 7) is 3.76. The van der Waals surface area contributed by atoms with Crippen molar-refractivity contribution in [3.63, 3.8) is 0 Å². The molecule has 3 aromatic rings. The molecule has 3 heterocycles. The van der Waals surface area contributed by atoms with Gasteiger partial charge in [0, 0.05) is 12.4 Å². The molecule has 112 valence electrons. The van der Waals surface area contributed by atoms with E-state index in [0.29, 0.717) is 29.3 Å². The molecule has 0 atom stereocenters. The Balaban J connectivity index is 2.06. The first-order valence-electron chi connectivity index (χ1n) is 6.99. The summed E-state index contributed by atoms with van der Waals surface area (Å²) in [5.74, 6) is -0.284. The number of amides is 1. The molecular formula is C16H15FN4O. The number of nitrogens with one attached hydrogen (secondary N) is 1. The molecule has 6 heteroatoms. The number of hydrogen-bond acceptors (Lipinski definition) is 3. The molecule has 0 aliphatic carbocycles. The number of aryl methyl sites for hydroxylation is 2. The lowest BCUT2D eigenvalue weighted by Crippen LogP contribution is -2.17. The number of rotatable bonds is 3. The monoisotopic (exact) mass is 298 g/mol. The zero-order chi connectivity index (χ0) is 15.7. The van der Waals surface area contributed by atoms with Crippen molar-refractivity contribution in [1.29, 1.82) is 0 Å². The normalized spacial score (nSPS) is 10.9. The Bertz CT molecular complexity index is 856. The third-order valence-corrected chi connectivity index (χ3v) is 3.45. The summed E-state index contributed by atoms with van der Waals surface area (Å²) in [6.07, 6.45) is 3.45. The molecule has 5 nitrogen and oxygen atoms in total. The number of anilines is 1. The highest BCUT2D eigenvalue weighted by molar-refractivity contribution is 6.04. The molecular weight excluding hydrogens is 283 g/mol.